The Morgan fingerprint density at radius 2 is 2.06 bits per heavy atom. The number of hydrogen-bond acceptors (Lipinski definition) is 2. The van der Waals surface area contributed by atoms with Crippen molar-refractivity contribution in [2.45, 2.75) is 26.3 Å². The fourth-order valence-corrected chi connectivity index (χ4v) is 2.79. The van der Waals surface area contributed by atoms with E-state index in [9.17, 15) is 0 Å². The maximum Gasteiger partial charge on any atom is 0.0642 e. The average molecular weight is 253 g/mol. The first-order valence-corrected chi connectivity index (χ1v) is 6.77. The summed E-state index contributed by atoms with van der Waals surface area (Å²) in [5.41, 5.74) is 2.53. The molecule has 1 aliphatic heterocycles. The number of rotatable bonds is 3. The van der Waals surface area contributed by atoms with E-state index in [1.165, 1.54) is 24.1 Å². The molecule has 0 saturated carbocycles. The third-order valence-corrected chi connectivity index (χ3v) is 3.84. The van der Waals surface area contributed by atoms with Crippen LogP contribution in [-0.2, 0) is 6.54 Å². The number of piperidine rings is 1. The predicted octanol–water partition coefficient (Wildman–Crippen LogP) is 3.30. The first kappa shape index (κ1) is 12.7. The van der Waals surface area contributed by atoms with Crippen molar-refractivity contribution in [1.82, 2.24) is 5.32 Å². The van der Waals surface area contributed by atoms with E-state index in [0.717, 1.165) is 30.6 Å². The summed E-state index contributed by atoms with van der Waals surface area (Å²) in [7, 11) is 1.98. The molecule has 1 fully saturated rings. The highest BCUT2D eigenvalue weighted by molar-refractivity contribution is 6.33. The van der Waals surface area contributed by atoms with Gasteiger partial charge < -0.3 is 10.2 Å². The lowest BCUT2D eigenvalue weighted by atomic mass is 9.98. The zero-order valence-corrected chi connectivity index (χ0v) is 11.4. The van der Waals surface area contributed by atoms with Crippen molar-refractivity contribution < 1.29 is 0 Å². The standard InChI is InChI=1S/C14H21ClN2/c1-11-6-8-17(9-7-11)14-12(10-16-2)4-3-5-13(14)15/h3-5,11,16H,6-10H2,1-2H3. The summed E-state index contributed by atoms with van der Waals surface area (Å²) < 4.78 is 0. The molecule has 0 bridgehead atoms. The molecule has 94 valence electrons. The van der Waals surface area contributed by atoms with Crippen LogP contribution < -0.4 is 10.2 Å². The van der Waals surface area contributed by atoms with Gasteiger partial charge in [0.25, 0.3) is 0 Å². The number of para-hydroxylation sites is 1. The number of anilines is 1. The van der Waals surface area contributed by atoms with Gasteiger partial charge in [-0.2, -0.15) is 0 Å². The van der Waals surface area contributed by atoms with Gasteiger partial charge in [0.2, 0.25) is 0 Å². The van der Waals surface area contributed by atoms with E-state index < -0.39 is 0 Å². The zero-order valence-electron chi connectivity index (χ0n) is 10.7. The summed E-state index contributed by atoms with van der Waals surface area (Å²) >= 11 is 6.37. The van der Waals surface area contributed by atoms with Crippen LogP contribution in [-0.4, -0.2) is 20.1 Å². The first-order valence-electron chi connectivity index (χ1n) is 6.39. The Kier molecular flexibility index (Phi) is 4.30. The second-order valence-electron chi connectivity index (χ2n) is 4.95. The largest absolute Gasteiger partial charge is 0.370 e. The first-order chi connectivity index (χ1) is 8.22. The lowest BCUT2D eigenvalue weighted by Gasteiger charge is -2.34. The molecule has 1 aliphatic rings. The Labute approximate surface area is 109 Å². The Bertz CT molecular complexity index is 370. The minimum Gasteiger partial charge on any atom is -0.370 e. The van der Waals surface area contributed by atoms with Gasteiger partial charge in [-0.05, 0) is 37.4 Å². The summed E-state index contributed by atoms with van der Waals surface area (Å²) in [6, 6.07) is 6.19. The van der Waals surface area contributed by atoms with E-state index in [1.54, 1.807) is 0 Å². The molecule has 1 saturated heterocycles. The van der Waals surface area contributed by atoms with Gasteiger partial charge in [-0.3, -0.25) is 0 Å². The topological polar surface area (TPSA) is 15.3 Å². The SMILES string of the molecule is CNCc1cccc(Cl)c1N1CCC(C)CC1. The number of nitrogens with zero attached hydrogens (tertiary/aromatic N) is 1. The second-order valence-corrected chi connectivity index (χ2v) is 5.35. The molecule has 3 heteroatoms. The second kappa shape index (κ2) is 5.74. The Hall–Kier alpha value is -0.730. The van der Waals surface area contributed by atoms with Gasteiger partial charge in [0, 0.05) is 19.6 Å². The third-order valence-electron chi connectivity index (χ3n) is 3.54. The highest BCUT2D eigenvalue weighted by atomic mass is 35.5. The van der Waals surface area contributed by atoms with Crippen LogP contribution in [0.15, 0.2) is 18.2 Å². The van der Waals surface area contributed by atoms with Crippen LogP contribution in [0.4, 0.5) is 5.69 Å². The Balaban J connectivity index is 2.23. The van der Waals surface area contributed by atoms with Crippen molar-refractivity contribution in [1.29, 1.82) is 0 Å². The van der Waals surface area contributed by atoms with Crippen LogP contribution >= 0.6 is 11.6 Å². The highest BCUT2D eigenvalue weighted by Gasteiger charge is 2.20. The van der Waals surface area contributed by atoms with E-state index in [0.29, 0.717) is 0 Å². The lowest BCUT2D eigenvalue weighted by Crippen LogP contribution is -2.34. The molecule has 2 nitrogen and oxygen atoms in total. The smallest absolute Gasteiger partial charge is 0.0642 e. The third kappa shape index (κ3) is 2.93. The molecule has 0 atom stereocenters. The summed E-state index contributed by atoms with van der Waals surface area (Å²) in [4.78, 5) is 2.44. The maximum atomic E-state index is 6.37. The molecule has 1 N–H and O–H groups in total. The molecule has 0 aromatic heterocycles. The van der Waals surface area contributed by atoms with Gasteiger partial charge in [0.1, 0.15) is 0 Å². The van der Waals surface area contributed by atoms with Crippen molar-refractivity contribution in [3.8, 4) is 0 Å². The van der Waals surface area contributed by atoms with Gasteiger partial charge >= 0.3 is 0 Å². The molecule has 0 amide bonds. The molecular weight excluding hydrogens is 232 g/mol. The van der Waals surface area contributed by atoms with Crippen LogP contribution in [0, 0.1) is 5.92 Å². The van der Waals surface area contributed by atoms with E-state index >= 15 is 0 Å². The Morgan fingerprint density at radius 3 is 2.71 bits per heavy atom. The summed E-state index contributed by atoms with van der Waals surface area (Å²) in [6.07, 6.45) is 2.54. The van der Waals surface area contributed by atoms with Crippen molar-refractivity contribution in [2.75, 3.05) is 25.0 Å². The molecule has 0 spiro atoms. The van der Waals surface area contributed by atoms with Gasteiger partial charge in [0.15, 0.2) is 0 Å². The van der Waals surface area contributed by atoms with Gasteiger partial charge in [-0.1, -0.05) is 30.7 Å². The van der Waals surface area contributed by atoms with Crippen molar-refractivity contribution in [2.24, 2.45) is 5.92 Å². The van der Waals surface area contributed by atoms with E-state index in [-0.39, 0.29) is 0 Å². The molecule has 17 heavy (non-hydrogen) atoms. The normalized spacial score (nSPS) is 17.5. The van der Waals surface area contributed by atoms with Crippen molar-refractivity contribution in [3.05, 3.63) is 28.8 Å². The number of halogens is 1. The summed E-state index contributed by atoms with van der Waals surface area (Å²) in [5, 5.41) is 4.10. The molecule has 1 aromatic carbocycles. The van der Waals surface area contributed by atoms with E-state index in [4.69, 9.17) is 11.6 Å². The fourth-order valence-electron chi connectivity index (χ4n) is 2.48. The minimum absolute atomic E-state index is 0.849. The van der Waals surface area contributed by atoms with Gasteiger partial charge in [-0.15, -0.1) is 0 Å². The Morgan fingerprint density at radius 1 is 1.35 bits per heavy atom. The van der Waals surface area contributed by atoms with Crippen LogP contribution in [0.25, 0.3) is 0 Å². The van der Waals surface area contributed by atoms with Gasteiger partial charge in [-0.25, -0.2) is 0 Å². The molecule has 2 rings (SSSR count). The van der Waals surface area contributed by atoms with Crippen LogP contribution in [0.1, 0.15) is 25.3 Å². The number of hydrogen-bond donors (Lipinski definition) is 1. The predicted molar refractivity (Wildman–Crippen MR) is 74.8 cm³/mol. The molecule has 0 radical (unpaired) electrons. The zero-order chi connectivity index (χ0) is 12.3. The molecule has 1 aromatic rings. The van der Waals surface area contributed by atoms with Crippen molar-refractivity contribution >= 4 is 17.3 Å². The molecule has 0 aliphatic carbocycles. The minimum atomic E-state index is 0.849. The van der Waals surface area contributed by atoms with Crippen molar-refractivity contribution in [3.63, 3.8) is 0 Å². The summed E-state index contributed by atoms with van der Waals surface area (Å²) in [5.74, 6) is 0.849. The highest BCUT2D eigenvalue weighted by Crippen LogP contribution is 2.32. The van der Waals surface area contributed by atoms with E-state index in [1.807, 2.05) is 19.2 Å². The van der Waals surface area contributed by atoms with E-state index in [2.05, 4.69) is 23.2 Å². The van der Waals surface area contributed by atoms with Crippen LogP contribution in [0.3, 0.4) is 0 Å². The summed E-state index contributed by atoms with van der Waals surface area (Å²) in [6.45, 7) is 5.46. The lowest BCUT2D eigenvalue weighted by molar-refractivity contribution is 0.438. The molecule has 0 unspecified atom stereocenters. The number of nitrogens with one attached hydrogen (secondary N) is 1. The monoisotopic (exact) mass is 252 g/mol. The quantitative estimate of drug-likeness (QED) is 0.888. The van der Waals surface area contributed by atoms with Crippen LogP contribution in [0.2, 0.25) is 5.02 Å². The average Bonchev–Trinajstić information content (AvgIpc) is 2.32. The van der Waals surface area contributed by atoms with Gasteiger partial charge in [0.05, 0.1) is 10.7 Å². The maximum absolute atomic E-state index is 6.37. The molecular formula is C14H21ClN2. The molecule has 1 heterocycles. The van der Waals surface area contributed by atoms with Crippen LogP contribution in [0.5, 0.6) is 0 Å². The number of benzene rings is 1. The fraction of sp³-hybridized carbons (Fsp3) is 0.571.